The summed E-state index contributed by atoms with van der Waals surface area (Å²) in [7, 11) is 0. The van der Waals surface area contributed by atoms with Crippen LogP contribution in [0, 0.1) is 5.95 Å². The molecule has 0 bridgehead atoms. The summed E-state index contributed by atoms with van der Waals surface area (Å²) in [6, 6.07) is 13.9. The van der Waals surface area contributed by atoms with Gasteiger partial charge in [0, 0.05) is 50.2 Å². The van der Waals surface area contributed by atoms with Gasteiger partial charge in [-0.1, -0.05) is 6.07 Å². The van der Waals surface area contributed by atoms with E-state index in [1.165, 1.54) is 10.5 Å². The van der Waals surface area contributed by atoms with E-state index in [4.69, 9.17) is 9.72 Å². The fraction of sp³-hybridized carbons (Fsp3) is 0.344. The number of likely N-dealkylation sites (tertiary alicyclic amines) is 2. The monoisotopic (exact) mass is 581 g/mol. The summed E-state index contributed by atoms with van der Waals surface area (Å²) in [4.78, 5) is 40.3. The van der Waals surface area contributed by atoms with Gasteiger partial charge >= 0.3 is 0 Å². The lowest BCUT2D eigenvalue weighted by Crippen LogP contribution is -2.40. The lowest BCUT2D eigenvalue weighted by atomic mass is 10.0. The number of ether oxygens (including phenoxy) is 1. The molecule has 2 amide bonds. The van der Waals surface area contributed by atoms with Crippen molar-refractivity contribution in [3.8, 4) is 5.75 Å². The normalized spacial score (nSPS) is 16.2. The lowest BCUT2D eigenvalue weighted by molar-refractivity contribution is 0.0684. The second kappa shape index (κ2) is 11.5. The van der Waals surface area contributed by atoms with Gasteiger partial charge in [0.25, 0.3) is 11.8 Å². The molecule has 11 heteroatoms. The summed E-state index contributed by atoms with van der Waals surface area (Å²) in [6.45, 7) is 2.69. The summed E-state index contributed by atoms with van der Waals surface area (Å²) in [5.74, 6) is -0.153. The van der Waals surface area contributed by atoms with Crippen LogP contribution in [0.3, 0.4) is 0 Å². The molecule has 0 spiro atoms. The Labute approximate surface area is 247 Å². The number of halogens is 1. The Morgan fingerprint density at radius 2 is 1.72 bits per heavy atom. The topological polar surface area (TPSA) is 97.9 Å². The van der Waals surface area contributed by atoms with Crippen LogP contribution in [0.15, 0.2) is 67.1 Å². The summed E-state index contributed by atoms with van der Waals surface area (Å²) < 4.78 is 23.5. The minimum Gasteiger partial charge on any atom is -0.487 e. The van der Waals surface area contributed by atoms with Gasteiger partial charge in [-0.3, -0.25) is 18.7 Å². The Hall–Kier alpha value is -4.80. The van der Waals surface area contributed by atoms with Crippen molar-refractivity contribution in [1.29, 1.82) is 0 Å². The van der Waals surface area contributed by atoms with E-state index in [1.54, 1.807) is 48.8 Å². The first-order valence-corrected chi connectivity index (χ1v) is 14.8. The minimum absolute atomic E-state index is 0.105. The molecule has 4 aromatic heterocycles. The van der Waals surface area contributed by atoms with Gasteiger partial charge < -0.3 is 14.5 Å². The molecule has 0 aliphatic carbocycles. The molecule has 0 N–H and O–H groups in total. The highest BCUT2D eigenvalue weighted by molar-refractivity contribution is 6.09. The predicted molar refractivity (Wildman–Crippen MR) is 157 cm³/mol. The van der Waals surface area contributed by atoms with E-state index >= 15 is 0 Å². The molecule has 43 heavy (non-hydrogen) atoms. The number of fused-ring (bicyclic) bond motifs is 2. The molecule has 2 aliphatic rings. The van der Waals surface area contributed by atoms with Crippen LogP contribution in [0.5, 0.6) is 5.75 Å². The first-order chi connectivity index (χ1) is 21.0. The number of benzene rings is 1. The number of pyridine rings is 2. The standard InChI is InChI=1S/C32H32FN7O3/c33-29-6-4-7-30-35-22(20-39(29)30)21-43-24-8-9-27-25(18-24)26(31(41)37-13-2-1-3-14-37)19-28(36-27)32(42)38-16-10-23(11-17-38)40-15-5-12-34-40/h4-9,12,15,18-20,23H,1-3,10-11,13-14,16-17,21H2. The van der Waals surface area contributed by atoms with Crippen LogP contribution >= 0.6 is 0 Å². The SMILES string of the molecule is O=C(c1cc(C(=O)N2CCCCC2)c2cc(OCc3cn4c(F)cccc4n3)ccc2n1)N1CCC(n2cccn2)CC1. The fourth-order valence-corrected chi connectivity index (χ4v) is 6.10. The largest absolute Gasteiger partial charge is 0.487 e. The van der Waals surface area contributed by atoms with Crippen molar-refractivity contribution in [3.05, 3.63) is 90.0 Å². The van der Waals surface area contributed by atoms with Gasteiger partial charge in [-0.25, -0.2) is 9.97 Å². The first-order valence-electron chi connectivity index (χ1n) is 14.8. The molecule has 0 radical (unpaired) electrons. The number of rotatable bonds is 6. The van der Waals surface area contributed by atoms with E-state index in [2.05, 4.69) is 10.1 Å². The van der Waals surface area contributed by atoms with Crippen molar-refractivity contribution in [2.24, 2.45) is 0 Å². The Morgan fingerprint density at radius 3 is 2.49 bits per heavy atom. The number of aromatic nitrogens is 5. The lowest BCUT2D eigenvalue weighted by Gasteiger charge is -2.32. The number of nitrogens with zero attached hydrogens (tertiary/aromatic N) is 7. The van der Waals surface area contributed by atoms with E-state index < -0.39 is 5.95 Å². The molecule has 0 atom stereocenters. The number of imidazole rings is 1. The molecule has 0 unspecified atom stereocenters. The molecular weight excluding hydrogens is 549 g/mol. The van der Waals surface area contributed by atoms with Crippen molar-refractivity contribution in [3.63, 3.8) is 0 Å². The van der Waals surface area contributed by atoms with Crippen LogP contribution < -0.4 is 4.74 Å². The molecular formula is C32H32FN7O3. The smallest absolute Gasteiger partial charge is 0.272 e. The number of piperidine rings is 2. The van der Waals surface area contributed by atoms with E-state index in [-0.39, 0.29) is 30.2 Å². The third-order valence-electron chi connectivity index (χ3n) is 8.40. The highest BCUT2D eigenvalue weighted by Gasteiger charge is 2.28. The van der Waals surface area contributed by atoms with Crippen molar-refractivity contribution in [2.45, 2.75) is 44.8 Å². The zero-order valence-electron chi connectivity index (χ0n) is 23.7. The molecule has 2 fully saturated rings. The van der Waals surface area contributed by atoms with Crippen LogP contribution in [0.4, 0.5) is 4.39 Å². The van der Waals surface area contributed by atoms with Gasteiger partial charge in [-0.05, 0) is 74.6 Å². The molecule has 6 heterocycles. The van der Waals surface area contributed by atoms with Gasteiger partial charge in [0.2, 0.25) is 0 Å². The quantitative estimate of drug-likeness (QED) is 0.265. The molecule has 10 nitrogen and oxygen atoms in total. The van der Waals surface area contributed by atoms with Crippen LogP contribution in [-0.2, 0) is 6.61 Å². The number of carbonyl (C=O) groups excluding carboxylic acids is 2. The average Bonchev–Trinajstić information content (AvgIpc) is 3.74. The molecule has 2 aliphatic heterocycles. The van der Waals surface area contributed by atoms with Gasteiger partial charge in [0.15, 0.2) is 5.95 Å². The third-order valence-corrected chi connectivity index (χ3v) is 8.40. The summed E-state index contributed by atoms with van der Waals surface area (Å²) in [6.07, 6.45) is 9.97. The van der Waals surface area contributed by atoms with Crippen molar-refractivity contribution in [1.82, 2.24) is 33.9 Å². The van der Waals surface area contributed by atoms with Crippen molar-refractivity contribution >= 4 is 28.4 Å². The maximum Gasteiger partial charge on any atom is 0.272 e. The number of amides is 2. The van der Waals surface area contributed by atoms with E-state index in [9.17, 15) is 14.0 Å². The average molecular weight is 582 g/mol. The molecule has 2 saturated heterocycles. The number of hydrogen-bond donors (Lipinski definition) is 0. The number of hydrogen-bond acceptors (Lipinski definition) is 6. The molecule has 1 aromatic carbocycles. The Balaban J connectivity index is 1.16. The maximum atomic E-state index is 14.1. The summed E-state index contributed by atoms with van der Waals surface area (Å²) in [5.41, 5.74) is 2.34. The van der Waals surface area contributed by atoms with E-state index in [1.807, 2.05) is 26.7 Å². The summed E-state index contributed by atoms with van der Waals surface area (Å²) >= 11 is 0. The fourth-order valence-electron chi connectivity index (χ4n) is 6.10. The van der Waals surface area contributed by atoms with Crippen LogP contribution in [0.25, 0.3) is 16.6 Å². The zero-order chi connectivity index (χ0) is 29.3. The number of carbonyl (C=O) groups is 2. The highest BCUT2D eigenvalue weighted by atomic mass is 19.1. The van der Waals surface area contributed by atoms with Crippen LogP contribution in [0.1, 0.15) is 64.7 Å². The second-order valence-electron chi connectivity index (χ2n) is 11.2. The highest BCUT2D eigenvalue weighted by Crippen LogP contribution is 2.28. The molecule has 5 aromatic rings. The van der Waals surface area contributed by atoms with Crippen LogP contribution in [-0.4, -0.2) is 71.9 Å². The summed E-state index contributed by atoms with van der Waals surface area (Å²) in [5, 5.41) is 4.98. The minimum atomic E-state index is -0.401. The van der Waals surface area contributed by atoms with E-state index in [0.29, 0.717) is 59.7 Å². The van der Waals surface area contributed by atoms with E-state index in [0.717, 1.165) is 32.1 Å². The van der Waals surface area contributed by atoms with Gasteiger partial charge in [-0.2, -0.15) is 9.49 Å². The van der Waals surface area contributed by atoms with Gasteiger partial charge in [-0.15, -0.1) is 0 Å². The predicted octanol–water partition coefficient (Wildman–Crippen LogP) is 4.90. The van der Waals surface area contributed by atoms with Gasteiger partial charge in [0.1, 0.15) is 23.7 Å². The maximum absolute atomic E-state index is 14.1. The molecule has 220 valence electrons. The first kappa shape index (κ1) is 27.1. The molecule has 0 saturated carbocycles. The Bertz CT molecular complexity index is 1790. The van der Waals surface area contributed by atoms with Crippen LogP contribution in [0.2, 0.25) is 0 Å². The van der Waals surface area contributed by atoms with Crippen molar-refractivity contribution < 1.29 is 18.7 Å². The Kier molecular flexibility index (Phi) is 7.22. The third kappa shape index (κ3) is 5.42. The molecule has 7 rings (SSSR count). The zero-order valence-corrected chi connectivity index (χ0v) is 23.7. The van der Waals surface area contributed by atoms with Gasteiger partial charge in [0.05, 0.1) is 22.8 Å². The second-order valence-corrected chi connectivity index (χ2v) is 11.2. The Morgan fingerprint density at radius 1 is 0.907 bits per heavy atom. The van der Waals surface area contributed by atoms with Crippen molar-refractivity contribution in [2.75, 3.05) is 26.2 Å².